The second kappa shape index (κ2) is 4.57. The van der Waals surface area contributed by atoms with E-state index in [1.807, 2.05) is 12.1 Å². The lowest BCUT2D eigenvalue weighted by atomic mass is 9.75. The number of fused-ring (bicyclic) bond motifs is 3. The zero-order valence-electron chi connectivity index (χ0n) is 9.63. The summed E-state index contributed by atoms with van der Waals surface area (Å²) in [5.41, 5.74) is 6.41. The van der Waals surface area contributed by atoms with Crippen molar-refractivity contribution in [1.82, 2.24) is 0 Å². The quantitative estimate of drug-likeness (QED) is 0.636. The molecular weight excluding hydrogens is 350 g/mol. The van der Waals surface area contributed by atoms with Crippen LogP contribution in [-0.4, -0.2) is 15.7 Å². The Bertz CT molecular complexity index is 593. The van der Waals surface area contributed by atoms with Gasteiger partial charge < -0.3 is 0 Å². The number of aryl methyl sites for hydroxylation is 2. The third-order valence-corrected chi connectivity index (χ3v) is 5.25. The molecule has 0 aliphatic heterocycles. The van der Waals surface area contributed by atoms with Crippen LogP contribution in [0, 0.1) is 0 Å². The van der Waals surface area contributed by atoms with E-state index in [0.29, 0.717) is 10.9 Å². The van der Waals surface area contributed by atoms with Gasteiger partial charge >= 0.3 is 0 Å². The van der Waals surface area contributed by atoms with Crippen molar-refractivity contribution in [2.45, 2.75) is 12.8 Å². The van der Waals surface area contributed by atoms with Crippen LogP contribution in [-0.2, 0) is 12.8 Å². The highest BCUT2D eigenvalue weighted by Crippen LogP contribution is 2.37. The van der Waals surface area contributed by atoms with Gasteiger partial charge in [0.05, 0.1) is 0 Å². The monoisotopic (exact) mass is 356 g/mol. The summed E-state index contributed by atoms with van der Waals surface area (Å²) in [5.74, 6) is 0. The highest BCUT2D eigenvalue weighted by Gasteiger charge is 2.18. The van der Waals surface area contributed by atoms with Gasteiger partial charge in [-0.05, 0) is 79.1 Å². The number of halogens is 2. The minimum absolute atomic E-state index is 0.653. The molecule has 0 bridgehead atoms. The van der Waals surface area contributed by atoms with Crippen molar-refractivity contribution in [2.75, 3.05) is 0 Å². The molecule has 0 heterocycles. The van der Waals surface area contributed by atoms with Gasteiger partial charge in [-0.15, -0.1) is 10.9 Å². The first-order valence-electron chi connectivity index (χ1n) is 5.72. The largest absolute Gasteiger partial charge is 0.113 e. The molecule has 0 amide bonds. The summed E-state index contributed by atoms with van der Waals surface area (Å²) in [6, 6.07) is 8.31. The fourth-order valence-corrected chi connectivity index (χ4v) is 3.19. The average molecular weight is 358 g/mol. The standard InChI is InChI=1S/C14H8B2Br2/c15-11-3-7-1-2-8-4-13(17)14(18)6-10(8)9(7)5-12(11)16/h3-6H,1-2H2. The summed E-state index contributed by atoms with van der Waals surface area (Å²) in [7, 11) is 11.8. The molecule has 4 heteroatoms. The summed E-state index contributed by atoms with van der Waals surface area (Å²) in [6.45, 7) is 0. The first-order chi connectivity index (χ1) is 8.56. The van der Waals surface area contributed by atoms with Gasteiger partial charge in [0.25, 0.3) is 0 Å². The lowest BCUT2D eigenvalue weighted by molar-refractivity contribution is 0.942. The fraction of sp³-hybridized carbons (Fsp3) is 0.143. The van der Waals surface area contributed by atoms with Crippen LogP contribution in [0.3, 0.4) is 0 Å². The van der Waals surface area contributed by atoms with E-state index in [1.54, 1.807) is 0 Å². The van der Waals surface area contributed by atoms with Gasteiger partial charge in [0.15, 0.2) is 0 Å². The maximum Gasteiger partial charge on any atom is 0.113 e. The zero-order chi connectivity index (χ0) is 12.9. The minimum atomic E-state index is 0.653. The van der Waals surface area contributed by atoms with E-state index in [-0.39, 0.29) is 0 Å². The average Bonchev–Trinajstić information content (AvgIpc) is 2.33. The summed E-state index contributed by atoms with van der Waals surface area (Å²) in [6.07, 6.45) is 2.05. The van der Waals surface area contributed by atoms with Crippen LogP contribution in [0.25, 0.3) is 11.1 Å². The van der Waals surface area contributed by atoms with E-state index in [2.05, 4.69) is 44.0 Å². The molecule has 1 aliphatic rings. The molecule has 18 heavy (non-hydrogen) atoms. The molecule has 0 N–H and O–H groups in total. The Kier molecular flexibility index (Phi) is 3.19. The third-order valence-electron chi connectivity index (χ3n) is 3.41. The van der Waals surface area contributed by atoms with Crippen LogP contribution in [0.5, 0.6) is 0 Å². The molecule has 3 rings (SSSR count). The lowest BCUT2D eigenvalue weighted by Crippen LogP contribution is -2.27. The molecule has 0 atom stereocenters. The van der Waals surface area contributed by atoms with Gasteiger partial charge in [-0.25, -0.2) is 0 Å². The van der Waals surface area contributed by atoms with Gasteiger partial charge in [0.1, 0.15) is 15.7 Å². The summed E-state index contributed by atoms with van der Waals surface area (Å²) in [5, 5.41) is 0. The topological polar surface area (TPSA) is 0 Å². The van der Waals surface area contributed by atoms with Crippen LogP contribution in [0.1, 0.15) is 11.1 Å². The van der Waals surface area contributed by atoms with Gasteiger partial charge in [0, 0.05) is 8.95 Å². The Balaban J connectivity index is 2.28. The molecule has 4 radical (unpaired) electrons. The Labute approximate surface area is 126 Å². The number of hydrogen-bond donors (Lipinski definition) is 0. The van der Waals surface area contributed by atoms with Crippen LogP contribution in [0.4, 0.5) is 0 Å². The van der Waals surface area contributed by atoms with Crippen LogP contribution >= 0.6 is 31.9 Å². The molecule has 2 aromatic rings. The maximum atomic E-state index is 5.92. The van der Waals surface area contributed by atoms with E-state index in [9.17, 15) is 0 Å². The van der Waals surface area contributed by atoms with Crippen molar-refractivity contribution in [1.29, 1.82) is 0 Å². The fourth-order valence-electron chi connectivity index (χ4n) is 2.45. The molecule has 0 saturated carbocycles. The first kappa shape index (κ1) is 12.6. The smallest absolute Gasteiger partial charge is 0.103 e. The maximum absolute atomic E-state index is 5.92. The highest BCUT2D eigenvalue weighted by molar-refractivity contribution is 9.13. The van der Waals surface area contributed by atoms with Gasteiger partial charge in [0.2, 0.25) is 0 Å². The Morgan fingerprint density at radius 2 is 1.22 bits per heavy atom. The van der Waals surface area contributed by atoms with Crippen molar-refractivity contribution < 1.29 is 0 Å². The van der Waals surface area contributed by atoms with E-state index in [0.717, 1.165) is 21.8 Å². The Hall–Kier alpha value is -0.470. The van der Waals surface area contributed by atoms with E-state index < -0.39 is 0 Å². The van der Waals surface area contributed by atoms with Crippen molar-refractivity contribution in [3.8, 4) is 11.1 Å². The molecule has 0 fully saturated rings. The number of hydrogen-bond acceptors (Lipinski definition) is 0. The normalized spacial score (nSPS) is 13.0. The van der Waals surface area contributed by atoms with E-state index >= 15 is 0 Å². The number of rotatable bonds is 0. The molecule has 0 nitrogen and oxygen atoms in total. The Morgan fingerprint density at radius 1 is 0.722 bits per heavy atom. The summed E-state index contributed by atoms with van der Waals surface area (Å²) >= 11 is 7.11. The molecule has 0 saturated heterocycles. The summed E-state index contributed by atoms with van der Waals surface area (Å²) in [4.78, 5) is 0. The number of benzene rings is 2. The van der Waals surface area contributed by atoms with Gasteiger partial charge in [-0.1, -0.05) is 12.1 Å². The van der Waals surface area contributed by atoms with E-state index in [4.69, 9.17) is 15.7 Å². The minimum Gasteiger partial charge on any atom is -0.103 e. The van der Waals surface area contributed by atoms with Crippen LogP contribution < -0.4 is 10.9 Å². The zero-order valence-corrected chi connectivity index (χ0v) is 12.8. The van der Waals surface area contributed by atoms with Crippen molar-refractivity contribution in [3.05, 3.63) is 44.3 Å². The molecule has 0 unspecified atom stereocenters. The molecule has 84 valence electrons. The molecule has 0 spiro atoms. The van der Waals surface area contributed by atoms with Crippen molar-refractivity contribution in [3.63, 3.8) is 0 Å². The predicted molar refractivity (Wildman–Crippen MR) is 85.5 cm³/mol. The molecular formula is C14H8B2Br2. The Morgan fingerprint density at radius 3 is 1.94 bits per heavy atom. The molecule has 0 aromatic heterocycles. The molecule has 1 aliphatic carbocycles. The van der Waals surface area contributed by atoms with Gasteiger partial charge in [-0.3, -0.25) is 0 Å². The second-order valence-corrected chi connectivity index (χ2v) is 6.27. The predicted octanol–water partition coefficient (Wildman–Crippen LogP) is 2.56. The van der Waals surface area contributed by atoms with Crippen molar-refractivity contribution in [2.24, 2.45) is 0 Å². The van der Waals surface area contributed by atoms with Crippen LogP contribution in [0.15, 0.2) is 33.2 Å². The second-order valence-electron chi connectivity index (χ2n) is 4.56. The third kappa shape index (κ3) is 2.00. The summed E-state index contributed by atoms with van der Waals surface area (Å²) < 4.78 is 2.15. The molecule has 2 aromatic carbocycles. The SMILES string of the molecule is [B]c1cc2c(cc1[B])-c1cc(Br)c(Br)cc1CC2. The van der Waals surface area contributed by atoms with E-state index in [1.165, 1.54) is 22.3 Å². The van der Waals surface area contributed by atoms with Crippen molar-refractivity contribution >= 4 is 58.5 Å². The van der Waals surface area contributed by atoms with Crippen LogP contribution in [0.2, 0.25) is 0 Å². The first-order valence-corrected chi connectivity index (χ1v) is 7.31. The lowest BCUT2D eigenvalue weighted by Gasteiger charge is -2.22. The highest BCUT2D eigenvalue weighted by atomic mass is 79.9. The van der Waals surface area contributed by atoms with Gasteiger partial charge in [-0.2, -0.15) is 0 Å².